The Kier molecular flexibility index (Phi) is 5.27. The van der Waals surface area contributed by atoms with Crippen LogP contribution in [0.4, 0.5) is 0 Å². The molecular formula is C25H28N6O3. The Morgan fingerprint density at radius 3 is 2.41 bits per heavy atom. The summed E-state index contributed by atoms with van der Waals surface area (Å²) in [5.74, 6) is 1.92. The van der Waals surface area contributed by atoms with Crippen LogP contribution in [-0.2, 0) is 5.54 Å². The Morgan fingerprint density at radius 1 is 1.03 bits per heavy atom. The predicted octanol–water partition coefficient (Wildman–Crippen LogP) is 3.93. The second-order valence-corrected chi connectivity index (χ2v) is 8.92. The molecule has 5 rings (SSSR count). The normalized spacial score (nSPS) is 18.0. The summed E-state index contributed by atoms with van der Waals surface area (Å²) in [5, 5.41) is 8.55. The third kappa shape index (κ3) is 3.39. The quantitative estimate of drug-likeness (QED) is 0.485. The van der Waals surface area contributed by atoms with Crippen molar-refractivity contribution in [2.75, 3.05) is 20.8 Å². The van der Waals surface area contributed by atoms with E-state index in [-0.39, 0.29) is 5.91 Å². The van der Waals surface area contributed by atoms with Crippen molar-refractivity contribution in [3.05, 3.63) is 59.2 Å². The molecule has 1 amide bonds. The molecule has 0 bridgehead atoms. The first-order valence-corrected chi connectivity index (χ1v) is 11.3. The van der Waals surface area contributed by atoms with Gasteiger partial charge in [-0.05, 0) is 56.9 Å². The fraction of sp³-hybridized carbons (Fsp3) is 0.360. The zero-order valence-electron chi connectivity index (χ0n) is 20.0. The fourth-order valence-corrected chi connectivity index (χ4v) is 4.75. The van der Waals surface area contributed by atoms with Gasteiger partial charge in [0.15, 0.2) is 11.5 Å². The lowest BCUT2D eigenvalue weighted by molar-refractivity contribution is 0.0605. The average Bonchev–Trinajstić information content (AvgIpc) is 3.59. The highest BCUT2D eigenvalue weighted by Gasteiger charge is 2.44. The van der Waals surface area contributed by atoms with Crippen LogP contribution >= 0.6 is 0 Å². The van der Waals surface area contributed by atoms with Gasteiger partial charge < -0.3 is 19.4 Å². The maximum absolute atomic E-state index is 14.0. The van der Waals surface area contributed by atoms with Gasteiger partial charge in [0.1, 0.15) is 5.82 Å². The molecule has 2 aromatic heterocycles. The van der Waals surface area contributed by atoms with Crippen LogP contribution in [0.15, 0.2) is 36.7 Å². The molecule has 1 saturated heterocycles. The molecule has 0 spiro atoms. The van der Waals surface area contributed by atoms with Crippen LogP contribution < -0.4 is 9.47 Å². The number of hydrogen-bond donors (Lipinski definition) is 1. The van der Waals surface area contributed by atoms with Crippen molar-refractivity contribution in [3.63, 3.8) is 0 Å². The largest absolute Gasteiger partial charge is 0.493 e. The Balaban J connectivity index is 1.58. The summed E-state index contributed by atoms with van der Waals surface area (Å²) in [6, 6.07) is 7.63. The number of aryl methyl sites for hydroxylation is 2. The minimum Gasteiger partial charge on any atom is -0.493 e. The van der Waals surface area contributed by atoms with E-state index >= 15 is 0 Å². The monoisotopic (exact) mass is 460 g/mol. The Morgan fingerprint density at radius 2 is 1.71 bits per heavy atom. The van der Waals surface area contributed by atoms with Crippen molar-refractivity contribution < 1.29 is 14.3 Å². The van der Waals surface area contributed by atoms with Crippen molar-refractivity contribution in [3.8, 4) is 17.2 Å². The van der Waals surface area contributed by atoms with E-state index < -0.39 is 5.54 Å². The van der Waals surface area contributed by atoms with Gasteiger partial charge in [-0.15, -0.1) is 0 Å². The van der Waals surface area contributed by atoms with Gasteiger partial charge in [0.2, 0.25) is 0 Å². The number of imidazole rings is 1. The number of nitrogens with one attached hydrogen (secondary N) is 1. The number of methoxy groups -OCH3 is 2. The van der Waals surface area contributed by atoms with Crippen LogP contribution in [-0.4, -0.2) is 56.5 Å². The molecule has 34 heavy (non-hydrogen) atoms. The summed E-state index contributed by atoms with van der Waals surface area (Å²) < 4.78 is 10.9. The molecule has 1 atom stereocenters. The molecular weight excluding hydrogens is 432 g/mol. The van der Waals surface area contributed by atoms with E-state index in [1.165, 1.54) is 4.80 Å². The molecule has 1 unspecified atom stereocenters. The van der Waals surface area contributed by atoms with Crippen molar-refractivity contribution in [1.82, 2.24) is 29.9 Å². The predicted molar refractivity (Wildman–Crippen MR) is 128 cm³/mol. The van der Waals surface area contributed by atoms with Crippen LogP contribution in [0.3, 0.4) is 0 Å². The average molecular weight is 461 g/mol. The number of nitrogens with zero attached hydrogens (tertiary/aromatic N) is 5. The van der Waals surface area contributed by atoms with Crippen molar-refractivity contribution in [1.29, 1.82) is 0 Å². The number of likely N-dealkylation sites (tertiary alicyclic amines) is 1. The van der Waals surface area contributed by atoms with Crippen LogP contribution in [0, 0.1) is 13.8 Å². The first kappa shape index (κ1) is 21.9. The lowest BCUT2D eigenvalue weighted by Crippen LogP contribution is -2.44. The fourth-order valence-electron chi connectivity index (χ4n) is 4.75. The molecule has 0 saturated carbocycles. The minimum atomic E-state index is -0.593. The molecule has 9 nitrogen and oxygen atoms in total. The molecule has 1 aliphatic heterocycles. The first-order chi connectivity index (χ1) is 16.4. The van der Waals surface area contributed by atoms with Gasteiger partial charge in [-0.2, -0.15) is 15.0 Å². The Bertz CT molecular complexity index is 1340. The van der Waals surface area contributed by atoms with E-state index in [1.807, 2.05) is 43.0 Å². The molecule has 9 heteroatoms. The maximum Gasteiger partial charge on any atom is 0.256 e. The summed E-state index contributed by atoms with van der Waals surface area (Å²) in [7, 11) is 3.21. The minimum absolute atomic E-state index is 0.0639. The highest BCUT2D eigenvalue weighted by atomic mass is 16.5. The smallest absolute Gasteiger partial charge is 0.256 e. The van der Waals surface area contributed by atoms with E-state index in [1.54, 1.807) is 26.6 Å². The van der Waals surface area contributed by atoms with Gasteiger partial charge in [-0.3, -0.25) is 4.79 Å². The van der Waals surface area contributed by atoms with Gasteiger partial charge in [0.05, 0.1) is 54.4 Å². The summed E-state index contributed by atoms with van der Waals surface area (Å²) >= 11 is 0. The Labute approximate surface area is 197 Å². The number of amides is 1. The summed E-state index contributed by atoms with van der Waals surface area (Å²) in [5.41, 5.74) is 4.38. The van der Waals surface area contributed by atoms with Gasteiger partial charge in [0, 0.05) is 18.7 Å². The number of H-pyrrole nitrogens is 1. The number of carbonyl (C=O) groups is 1. The SMILES string of the molecule is COc1cc2nc(C3(C)CCCN3C(=O)c3cc(C)c(C)cc3-n3nccn3)[nH]c2cc1OC. The van der Waals surface area contributed by atoms with Crippen molar-refractivity contribution in [2.45, 2.75) is 39.2 Å². The van der Waals surface area contributed by atoms with Crippen LogP contribution in [0.1, 0.15) is 47.1 Å². The third-order valence-corrected chi connectivity index (χ3v) is 6.86. The van der Waals surface area contributed by atoms with E-state index in [4.69, 9.17) is 14.5 Å². The lowest BCUT2D eigenvalue weighted by atomic mass is 9.96. The molecule has 1 fully saturated rings. The molecule has 4 aromatic rings. The zero-order valence-corrected chi connectivity index (χ0v) is 20.0. The number of aromatic nitrogens is 5. The number of hydrogen-bond acceptors (Lipinski definition) is 6. The molecule has 3 heterocycles. The number of benzene rings is 2. The summed E-state index contributed by atoms with van der Waals surface area (Å²) in [4.78, 5) is 25.7. The van der Waals surface area contributed by atoms with Gasteiger partial charge >= 0.3 is 0 Å². The van der Waals surface area contributed by atoms with Gasteiger partial charge in [-0.1, -0.05) is 0 Å². The number of aromatic amines is 1. The molecule has 176 valence electrons. The van der Waals surface area contributed by atoms with Crippen LogP contribution in [0.25, 0.3) is 16.7 Å². The van der Waals surface area contributed by atoms with E-state index in [0.717, 1.165) is 40.8 Å². The zero-order chi connectivity index (χ0) is 24.0. The number of carbonyl (C=O) groups excluding carboxylic acids is 1. The van der Waals surface area contributed by atoms with E-state index in [2.05, 4.69) is 22.1 Å². The molecule has 1 aliphatic rings. The second-order valence-electron chi connectivity index (χ2n) is 8.92. The summed E-state index contributed by atoms with van der Waals surface area (Å²) in [6.45, 7) is 6.73. The molecule has 2 aromatic carbocycles. The van der Waals surface area contributed by atoms with Crippen molar-refractivity contribution >= 4 is 16.9 Å². The third-order valence-electron chi connectivity index (χ3n) is 6.86. The standard InChI is InChI=1S/C25H28N6O3/c1-15-11-17(20(12-16(15)2)31-26-8-9-27-31)23(32)30-10-6-7-25(30,3)24-28-18-13-21(33-4)22(34-5)14-19(18)29-24/h8-9,11-14H,6-7,10H2,1-5H3,(H,28,29). The van der Waals surface area contributed by atoms with Gasteiger partial charge in [-0.25, -0.2) is 4.98 Å². The van der Waals surface area contributed by atoms with Crippen LogP contribution in [0.5, 0.6) is 11.5 Å². The van der Waals surface area contributed by atoms with E-state index in [0.29, 0.717) is 29.3 Å². The van der Waals surface area contributed by atoms with E-state index in [9.17, 15) is 4.79 Å². The molecule has 0 aliphatic carbocycles. The molecule has 0 radical (unpaired) electrons. The lowest BCUT2D eigenvalue weighted by Gasteiger charge is -2.34. The highest BCUT2D eigenvalue weighted by molar-refractivity contribution is 5.99. The topological polar surface area (TPSA) is 98.2 Å². The number of fused-ring (bicyclic) bond motifs is 1. The summed E-state index contributed by atoms with van der Waals surface area (Å²) in [6.07, 6.45) is 4.90. The Hall–Kier alpha value is -3.88. The number of rotatable bonds is 5. The first-order valence-electron chi connectivity index (χ1n) is 11.3. The number of ether oxygens (including phenoxy) is 2. The van der Waals surface area contributed by atoms with Gasteiger partial charge in [0.25, 0.3) is 5.91 Å². The van der Waals surface area contributed by atoms with Crippen LogP contribution in [0.2, 0.25) is 0 Å². The molecule has 1 N–H and O–H groups in total. The maximum atomic E-state index is 14.0. The highest BCUT2D eigenvalue weighted by Crippen LogP contribution is 2.40. The van der Waals surface area contributed by atoms with Crippen molar-refractivity contribution in [2.24, 2.45) is 0 Å². The second kappa shape index (κ2) is 8.16.